The van der Waals surface area contributed by atoms with Crippen LogP contribution >= 0.6 is 11.3 Å². The molecule has 4 aromatic rings. The molecule has 0 spiro atoms. The summed E-state index contributed by atoms with van der Waals surface area (Å²) >= 11 is 1.46. The molecule has 7 nitrogen and oxygen atoms in total. The second-order valence-electron chi connectivity index (χ2n) is 5.11. The van der Waals surface area contributed by atoms with E-state index in [1.165, 1.54) is 17.7 Å². The Hall–Kier alpha value is -3.13. The molecule has 0 fully saturated rings. The highest BCUT2D eigenvalue weighted by Crippen LogP contribution is 2.37. The van der Waals surface area contributed by atoms with Crippen molar-refractivity contribution in [3.63, 3.8) is 0 Å². The van der Waals surface area contributed by atoms with Crippen molar-refractivity contribution in [2.45, 2.75) is 6.92 Å². The number of fused-ring (bicyclic) bond motifs is 1. The van der Waals surface area contributed by atoms with Crippen LogP contribution < -0.4 is 5.73 Å². The number of pyridine rings is 1. The van der Waals surface area contributed by atoms with Gasteiger partial charge in [-0.15, -0.1) is 11.3 Å². The van der Waals surface area contributed by atoms with Crippen LogP contribution in [0.4, 0.5) is 0 Å². The first kappa shape index (κ1) is 14.5. The molecule has 0 unspecified atom stereocenters. The van der Waals surface area contributed by atoms with Crippen LogP contribution in [0.3, 0.4) is 0 Å². The summed E-state index contributed by atoms with van der Waals surface area (Å²) in [6.07, 6.45) is 6.44. The number of aryl methyl sites for hydroxylation is 1. The third kappa shape index (κ3) is 2.33. The maximum absolute atomic E-state index is 11.6. The lowest BCUT2D eigenvalue weighted by Gasteiger charge is -2.03. The van der Waals surface area contributed by atoms with Crippen molar-refractivity contribution in [2.24, 2.45) is 5.73 Å². The summed E-state index contributed by atoms with van der Waals surface area (Å²) in [7, 11) is 0. The van der Waals surface area contributed by atoms with Crippen LogP contribution in [0.25, 0.3) is 32.1 Å². The third-order valence-corrected chi connectivity index (χ3v) is 4.74. The maximum Gasteiger partial charge on any atom is 0.267 e. The van der Waals surface area contributed by atoms with Gasteiger partial charge in [-0.25, -0.2) is 19.9 Å². The van der Waals surface area contributed by atoms with Crippen LogP contribution in [0.1, 0.15) is 16.2 Å². The maximum atomic E-state index is 11.6. The van der Waals surface area contributed by atoms with Crippen LogP contribution in [0.2, 0.25) is 0 Å². The average molecular weight is 337 g/mol. The number of nitrogens with zero attached hydrogens (tertiary/aromatic N) is 4. The second-order valence-corrected chi connectivity index (χ2v) is 6.11. The Balaban J connectivity index is 1.93. The van der Waals surface area contributed by atoms with Crippen LogP contribution in [0, 0.1) is 6.92 Å². The first-order chi connectivity index (χ1) is 11.6. The predicted molar refractivity (Wildman–Crippen MR) is 89.4 cm³/mol. The zero-order chi connectivity index (χ0) is 16.7. The SMILES string of the molecule is Cc1nc(-c2cncnc2)sc1-c1nc(C(N)=O)cc2occc12. The topological polar surface area (TPSA) is 108 Å². The highest BCUT2D eigenvalue weighted by Gasteiger charge is 2.19. The Morgan fingerprint density at radius 3 is 2.79 bits per heavy atom. The Morgan fingerprint density at radius 2 is 2.04 bits per heavy atom. The summed E-state index contributed by atoms with van der Waals surface area (Å²) in [5, 5.41) is 1.59. The van der Waals surface area contributed by atoms with Crippen molar-refractivity contribution in [1.82, 2.24) is 19.9 Å². The monoisotopic (exact) mass is 337 g/mol. The number of hydrogen-bond donors (Lipinski definition) is 1. The van der Waals surface area contributed by atoms with Gasteiger partial charge in [0.1, 0.15) is 22.6 Å². The molecular formula is C16H11N5O2S. The van der Waals surface area contributed by atoms with Gasteiger partial charge >= 0.3 is 0 Å². The quantitative estimate of drug-likeness (QED) is 0.616. The highest BCUT2D eigenvalue weighted by atomic mass is 32.1. The van der Waals surface area contributed by atoms with Crippen LogP contribution in [-0.4, -0.2) is 25.8 Å². The lowest BCUT2D eigenvalue weighted by molar-refractivity contribution is 0.0995. The van der Waals surface area contributed by atoms with E-state index in [1.807, 2.05) is 13.0 Å². The Kier molecular flexibility index (Phi) is 3.31. The molecule has 4 aromatic heterocycles. The Labute approximate surface area is 140 Å². The Morgan fingerprint density at radius 1 is 1.25 bits per heavy atom. The van der Waals surface area contributed by atoms with Crippen molar-refractivity contribution in [3.05, 3.63) is 48.5 Å². The summed E-state index contributed by atoms with van der Waals surface area (Å²) in [6, 6.07) is 3.36. The number of hydrogen-bond acceptors (Lipinski definition) is 7. The van der Waals surface area contributed by atoms with Gasteiger partial charge in [0, 0.05) is 29.4 Å². The summed E-state index contributed by atoms with van der Waals surface area (Å²) in [5.41, 5.74) is 8.36. The van der Waals surface area contributed by atoms with E-state index in [0.29, 0.717) is 11.3 Å². The molecule has 0 bridgehead atoms. The van der Waals surface area contributed by atoms with Crippen LogP contribution in [0.15, 0.2) is 41.5 Å². The third-order valence-electron chi connectivity index (χ3n) is 3.52. The molecule has 0 aliphatic rings. The zero-order valence-corrected chi connectivity index (χ0v) is 13.4. The van der Waals surface area contributed by atoms with E-state index in [4.69, 9.17) is 10.2 Å². The van der Waals surface area contributed by atoms with Gasteiger partial charge in [0.15, 0.2) is 0 Å². The average Bonchev–Trinajstić information content (AvgIpc) is 3.21. The molecule has 1 amide bonds. The largest absolute Gasteiger partial charge is 0.464 e. The van der Waals surface area contributed by atoms with E-state index in [9.17, 15) is 4.79 Å². The molecule has 0 atom stereocenters. The normalized spacial score (nSPS) is 11.0. The molecule has 0 radical (unpaired) electrons. The molecule has 24 heavy (non-hydrogen) atoms. The fourth-order valence-corrected chi connectivity index (χ4v) is 3.46. The summed E-state index contributed by atoms with van der Waals surface area (Å²) in [6.45, 7) is 1.89. The molecule has 2 N–H and O–H groups in total. The Bertz CT molecular complexity index is 1050. The van der Waals surface area contributed by atoms with Gasteiger partial charge in [-0.1, -0.05) is 0 Å². The number of carbonyl (C=O) groups excluding carboxylic acids is 1. The van der Waals surface area contributed by atoms with Crippen molar-refractivity contribution < 1.29 is 9.21 Å². The fraction of sp³-hybridized carbons (Fsp3) is 0.0625. The summed E-state index contributed by atoms with van der Waals surface area (Å²) in [4.78, 5) is 29.4. The minimum atomic E-state index is -0.603. The first-order valence-electron chi connectivity index (χ1n) is 7.04. The molecular weight excluding hydrogens is 326 g/mol. The van der Waals surface area contributed by atoms with Crippen molar-refractivity contribution >= 4 is 28.2 Å². The van der Waals surface area contributed by atoms with E-state index in [2.05, 4.69) is 19.9 Å². The van der Waals surface area contributed by atoms with Crippen LogP contribution in [0.5, 0.6) is 0 Å². The van der Waals surface area contributed by atoms with Gasteiger partial charge in [-0.3, -0.25) is 4.79 Å². The zero-order valence-electron chi connectivity index (χ0n) is 12.6. The van der Waals surface area contributed by atoms with E-state index in [0.717, 1.165) is 26.5 Å². The van der Waals surface area contributed by atoms with Gasteiger partial charge < -0.3 is 10.2 Å². The van der Waals surface area contributed by atoms with Crippen molar-refractivity contribution in [3.8, 4) is 21.1 Å². The summed E-state index contributed by atoms with van der Waals surface area (Å²) in [5.74, 6) is -0.603. The molecule has 0 aliphatic carbocycles. The number of carbonyl (C=O) groups is 1. The molecule has 0 aliphatic heterocycles. The van der Waals surface area contributed by atoms with Crippen molar-refractivity contribution in [2.75, 3.05) is 0 Å². The van der Waals surface area contributed by atoms with Crippen LogP contribution in [-0.2, 0) is 0 Å². The number of rotatable bonds is 3. The molecule has 0 saturated heterocycles. The number of aromatic nitrogens is 4. The molecule has 0 aromatic carbocycles. The number of primary amides is 1. The lowest BCUT2D eigenvalue weighted by atomic mass is 10.1. The van der Waals surface area contributed by atoms with Gasteiger partial charge in [-0.05, 0) is 13.0 Å². The fourth-order valence-electron chi connectivity index (χ4n) is 2.41. The predicted octanol–water partition coefficient (Wildman–Crippen LogP) is 2.82. The smallest absolute Gasteiger partial charge is 0.267 e. The summed E-state index contributed by atoms with van der Waals surface area (Å²) < 4.78 is 5.42. The number of amides is 1. The molecule has 0 saturated carbocycles. The van der Waals surface area contributed by atoms with Gasteiger partial charge in [0.25, 0.3) is 5.91 Å². The van der Waals surface area contributed by atoms with Gasteiger partial charge in [0.05, 0.1) is 22.5 Å². The molecule has 4 rings (SSSR count). The second kappa shape index (κ2) is 5.50. The van der Waals surface area contributed by atoms with Gasteiger partial charge in [-0.2, -0.15) is 0 Å². The van der Waals surface area contributed by atoms with Gasteiger partial charge in [0.2, 0.25) is 0 Å². The molecule has 118 valence electrons. The van der Waals surface area contributed by atoms with E-state index < -0.39 is 5.91 Å². The van der Waals surface area contributed by atoms with Crippen molar-refractivity contribution in [1.29, 1.82) is 0 Å². The highest BCUT2D eigenvalue weighted by molar-refractivity contribution is 7.18. The first-order valence-corrected chi connectivity index (χ1v) is 7.86. The standard InChI is InChI=1S/C16H11N5O2S/c1-8-14(24-16(20-8)9-5-18-7-19-6-9)13-10-2-3-23-12(10)4-11(21-13)15(17)22/h2-7H,1H3,(H2,17,22). The number of thiazole rings is 1. The minimum absolute atomic E-state index is 0.157. The number of furan rings is 1. The molecule has 8 heteroatoms. The lowest BCUT2D eigenvalue weighted by Crippen LogP contribution is -2.13. The molecule has 4 heterocycles. The van der Waals surface area contributed by atoms with E-state index >= 15 is 0 Å². The van der Waals surface area contributed by atoms with E-state index in [-0.39, 0.29) is 5.69 Å². The number of nitrogens with two attached hydrogens (primary N) is 1. The van der Waals surface area contributed by atoms with E-state index in [1.54, 1.807) is 24.7 Å². The minimum Gasteiger partial charge on any atom is -0.464 e.